The van der Waals surface area contributed by atoms with Gasteiger partial charge in [-0.05, 0) is 17.2 Å². The number of methoxy groups -OCH3 is 2. The first-order valence-electron chi connectivity index (χ1n) is 8.31. The molecule has 1 aromatic heterocycles. The van der Waals surface area contributed by atoms with Crippen LogP contribution in [0.4, 0.5) is 4.39 Å². The summed E-state index contributed by atoms with van der Waals surface area (Å²) in [5.74, 6) is -1.32. The third kappa shape index (κ3) is 4.15. The molecule has 0 amide bonds. The summed E-state index contributed by atoms with van der Waals surface area (Å²) >= 11 is 0. The predicted molar refractivity (Wildman–Crippen MR) is 102 cm³/mol. The highest BCUT2D eigenvalue weighted by molar-refractivity contribution is 6.17. The maximum Gasteiger partial charge on any atom is 0.341 e. The van der Waals surface area contributed by atoms with Crippen molar-refractivity contribution in [3.05, 3.63) is 77.9 Å². The second kappa shape index (κ2) is 8.77. The smallest absolute Gasteiger partial charge is 0.341 e. The molecule has 7 heteroatoms. The highest BCUT2D eigenvalue weighted by Gasteiger charge is 2.18. The first kappa shape index (κ1) is 19.0. The van der Waals surface area contributed by atoms with Gasteiger partial charge in [0.2, 0.25) is 5.82 Å². The summed E-state index contributed by atoms with van der Waals surface area (Å²) in [6, 6.07) is 15.8. The number of carbonyl (C=O) groups excluding carboxylic acids is 1. The average Bonchev–Trinajstić information content (AvgIpc) is 3.23. The normalized spacial score (nSPS) is 12.0. The molecule has 0 bridgehead atoms. The molecule has 0 unspecified atom stereocenters. The summed E-state index contributed by atoms with van der Waals surface area (Å²) in [5.41, 5.74) is 1.73. The molecule has 28 heavy (non-hydrogen) atoms. The summed E-state index contributed by atoms with van der Waals surface area (Å²) in [6.45, 7) is 0. The minimum atomic E-state index is -0.733. The van der Waals surface area contributed by atoms with Gasteiger partial charge in [-0.2, -0.15) is 4.98 Å². The zero-order valence-corrected chi connectivity index (χ0v) is 15.3. The Kier molecular flexibility index (Phi) is 5.96. The number of carbonyl (C=O) groups is 1. The minimum Gasteiger partial charge on any atom is -0.503 e. The molecule has 0 aliphatic rings. The highest BCUT2D eigenvalue weighted by atomic mass is 19.1. The number of rotatable bonds is 6. The SMILES string of the molecule is CO/C=C(\C(=O)OC)c1ccccc1/C=C(/F)c1nc(-c2ccccc2)no1. The van der Waals surface area contributed by atoms with E-state index in [9.17, 15) is 9.18 Å². The molecule has 0 spiro atoms. The molecule has 142 valence electrons. The van der Waals surface area contributed by atoms with Crippen molar-refractivity contribution in [2.45, 2.75) is 0 Å². The lowest BCUT2D eigenvalue weighted by molar-refractivity contribution is -0.133. The predicted octanol–water partition coefficient (Wildman–Crippen LogP) is 4.36. The molecule has 2 aromatic carbocycles. The standard InChI is InChI=1S/C21H17FN2O4/c1-26-13-17(21(25)27-2)16-11-7-6-10-15(16)12-18(22)20-23-19(24-28-20)14-8-4-3-5-9-14/h3-13H,1-2H3/b17-13-,18-12+. The molecule has 0 radical (unpaired) electrons. The van der Waals surface area contributed by atoms with Gasteiger partial charge < -0.3 is 14.0 Å². The molecule has 3 aromatic rings. The molecule has 0 saturated carbocycles. The van der Waals surface area contributed by atoms with E-state index in [0.29, 0.717) is 16.7 Å². The van der Waals surface area contributed by atoms with E-state index in [1.54, 1.807) is 36.4 Å². The molecule has 0 aliphatic heterocycles. The fraction of sp³-hybridized carbons (Fsp3) is 0.0952. The van der Waals surface area contributed by atoms with Crippen LogP contribution >= 0.6 is 0 Å². The lowest BCUT2D eigenvalue weighted by atomic mass is 10.00. The van der Waals surface area contributed by atoms with Gasteiger partial charge in [0.1, 0.15) is 5.57 Å². The van der Waals surface area contributed by atoms with Crippen LogP contribution in [0.1, 0.15) is 17.0 Å². The monoisotopic (exact) mass is 380 g/mol. The average molecular weight is 380 g/mol. The second-order valence-corrected chi connectivity index (χ2v) is 5.63. The Morgan fingerprint density at radius 2 is 1.79 bits per heavy atom. The summed E-state index contributed by atoms with van der Waals surface area (Å²) in [5, 5.41) is 3.81. The summed E-state index contributed by atoms with van der Waals surface area (Å²) in [7, 11) is 2.67. The highest BCUT2D eigenvalue weighted by Crippen LogP contribution is 2.27. The van der Waals surface area contributed by atoms with Gasteiger partial charge in [-0.1, -0.05) is 59.8 Å². The number of ether oxygens (including phenoxy) is 2. The maximum absolute atomic E-state index is 14.8. The van der Waals surface area contributed by atoms with Crippen molar-refractivity contribution in [3.63, 3.8) is 0 Å². The van der Waals surface area contributed by atoms with E-state index in [0.717, 1.165) is 0 Å². The Morgan fingerprint density at radius 1 is 1.07 bits per heavy atom. The van der Waals surface area contributed by atoms with Crippen LogP contribution < -0.4 is 0 Å². The largest absolute Gasteiger partial charge is 0.503 e. The number of aromatic nitrogens is 2. The van der Waals surface area contributed by atoms with Crippen molar-refractivity contribution >= 4 is 23.4 Å². The third-order valence-corrected chi connectivity index (χ3v) is 3.84. The van der Waals surface area contributed by atoms with E-state index in [4.69, 9.17) is 14.0 Å². The Bertz CT molecular complexity index is 1030. The van der Waals surface area contributed by atoms with E-state index in [2.05, 4.69) is 10.1 Å². The van der Waals surface area contributed by atoms with E-state index in [-0.39, 0.29) is 17.3 Å². The first-order valence-corrected chi connectivity index (χ1v) is 8.31. The summed E-state index contributed by atoms with van der Waals surface area (Å²) in [4.78, 5) is 16.1. The van der Waals surface area contributed by atoms with Crippen molar-refractivity contribution in [1.82, 2.24) is 10.1 Å². The number of nitrogens with zero attached hydrogens (tertiary/aromatic N) is 2. The fourth-order valence-corrected chi connectivity index (χ4v) is 2.54. The lowest BCUT2D eigenvalue weighted by Gasteiger charge is -2.09. The van der Waals surface area contributed by atoms with Crippen LogP contribution in [0.15, 0.2) is 65.4 Å². The Balaban J connectivity index is 1.97. The Morgan fingerprint density at radius 3 is 2.50 bits per heavy atom. The fourth-order valence-electron chi connectivity index (χ4n) is 2.54. The lowest BCUT2D eigenvalue weighted by Crippen LogP contribution is -2.05. The van der Waals surface area contributed by atoms with Crippen LogP contribution in [-0.4, -0.2) is 30.3 Å². The third-order valence-electron chi connectivity index (χ3n) is 3.84. The molecule has 0 aliphatic carbocycles. The number of esters is 1. The number of halogens is 1. The van der Waals surface area contributed by atoms with Gasteiger partial charge >= 0.3 is 5.97 Å². The Labute approximate surface area is 160 Å². The maximum atomic E-state index is 14.8. The molecule has 0 saturated heterocycles. The molecule has 0 N–H and O–H groups in total. The van der Waals surface area contributed by atoms with Gasteiger partial charge in [0.25, 0.3) is 5.89 Å². The van der Waals surface area contributed by atoms with Gasteiger partial charge in [0, 0.05) is 5.56 Å². The van der Waals surface area contributed by atoms with E-state index < -0.39 is 11.8 Å². The van der Waals surface area contributed by atoms with Crippen LogP contribution in [0.3, 0.4) is 0 Å². The quantitative estimate of drug-likeness (QED) is 0.359. The van der Waals surface area contributed by atoms with Crippen LogP contribution in [0.5, 0.6) is 0 Å². The molecule has 0 fully saturated rings. The first-order chi connectivity index (χ1) is 13.6. The number of hydrogen-bond donors (Lipinski definition) is 0. The zero-order chi connectivity index (χ0) is 19.9. The summed E-state index contributed by atoms with van der Waals surface area (Å²) in [6.07, 6.45) is 2.46. The second-order valence-electron chi connectivity index (χ2n) is 5.63. The van der Waals surface area contributed by atoms with Gasteiger partial charge in [0.05, 0.1) is 20.5 Å². The van der Waals surface area contributed by atoms with E-state index in [1.165, 1.54) is 26.6 Å². The van der Waals surface area contributed by atoms with Crippen LogP contribution in [0, 0.1) is 0 Å². The van der Waals surface area contributed by atoms with Crippen molar-refractivity contribution in [2.75, 3.05) is 14.2 Å². The molecular weight excluding hydrogens is 363 g/mol. The van der Waals surface area contributed by atoms with Crippen LogP contribution in [0.2, 0.25) is 0 Å². The molecule has 3 rings (SSSR count). The van der Waals surface area contributed by atoms with E-state index in [1.807, 2.05) is 18.2 Å². The van der Waals surface area contributed by atoms with Gasteiger partial charge in [-0.25, -0.2) is 9.18 Å². The van der Waals surface area contributed by atoms with Crippen LogP contribution in [-0.2, 0) is 14.3 Å². The summed E-state index contributed by atoms with van der Waals surface area (Å²) < 4.78 is 29.5. The zero-order valence-electron chi connectivity index (χ0n) is 15.3. The van der Waals surface area contributed by atoms with Crippen molar-refractivity contribution in [1.29, 1.82) is 0 Å². The van der Waals surface area contributed by atoms with Gasteiger partial charge in [-0.3, -0.25) is 0 Å². The molecule has 1 heterocycles. The number of benzene rings is 2. The number of hydrogen-bond acceptors (Lipinski definition) is 6. The van der Waals surface area contributed by atoms with Crippen molar-refractivity contribution < 1.29 is 23.2 Å². The molecule has 0 atom stereocenters. The van der Waals surface area contributed by atoms with Crippen LogP contribution in [0.25, 0.3) is 28.9 Å². The van der Waals surface area contributed by atoms with Gasteiger partial charge in [0.15, 0.2) is 5.83 Å². The van der Waals surface area contributed by atoms with E-state index >= 15 is 0 Å². The minimum absolute atomic E-state index is 0.153. The van der Waals surface area contributed by atoms with Crippen molar-refractivity contribution in [3.8, 4) is 11.4 Å². The van der Waals surface area contributed by atoms with Crippen molar-refractivity contribution in [2.24, 2.45) is 0 Å². The topological polar surface area (TPSA) is 74.5 Å². The molecular formula is C21H17FN2O4. The van der Waals surface area contributed by atoms with Gasteiger partial charge in [-0.15, -0.1) is 0 Å². The molecule has 6 nitrogen and oxygen atoms in total. The Hall–Kier alpha value is -3.74.